The topological polar surface area (TPSA) is 39.3 Å². The van der Waals surface area contributed by atoms with Gasteiger partial charge in [0.25, 0.3) is 5.56 Å². The second-order valence-corrected chi connectivity index (χ2v) is 7.89. The van der Waals surface area contributed by atoms with Gasteiger partial charge in [-0.1, -0.05) is 66.2 Å². The molecule has 0 aliphatic rings. The first-order chi connectivity index (χ1) is 15.2. The molecule has 0 saturated carbocycles. The third-order valence-electron chi connectivity index (χ3n) is 5.59. The molecule has 0 spiro atoms. The molecular weight excluding hydrogens is 406 g/mol. The van der Waals surface area contributed by atoms with Gasteiger partial charge >= 0.3 is 0 Å². The Kier molecular flexibility index (Phi) is 3.95. The van der Waals surface area contributed by atoms with Gasteiger partial charge in [-0.05, 0) is 53.6 Å². The second kappa shape index (κ2) is 6.83. The number of halogens is 1. The zero-order valence-corrected chi connectivity index (χ0v) is 17.1. The Morgan fingerprint density at radius 3 is 2.26 bits per heavy atom. The van der Waals surface area contributed by atoms with E-state index in [0.717, 1.165) is 33.4 Å². The van der Waals surface area contributed by atoms with Gasteiger partial charge in [0.1, 0.15) is 0 Å². The van der Waals surface area contributed by atoms with Crippen LogP contribution in [-0.2, 0) is 0 Å². The predicted octanol–water partition coefficient (Wildman–Crippen LogP) is 6.11. The minimum Gasteiger partial charge on any atom is -0.286 e. The Balaban J connectivity index is 1.72. The van der Waals surface area contributed by atoms with E-state index in [-0.39, 0.29) is 5.56 Å². The summed E-state index contributed by atoms with van der Waals surface area (Å²) in [5, 5.41) is 0.594. The van der Waals surface area contributed by atoms with Crippen molar-refractivity contribution in [1.82, 2.24) is 14.0 Å². The normalized spacial score (nSPS) is 11.5. The SMILES string of the molecule is O=c1c2nc3cc(Cl)ccc3n2c2ccccc2n1-c1cccc(-c2ccccc2)c1. The number of benzene rings is 4. The molecule has 4 nitrogen and oxygen atoms in total. The average Bonchev–Trinajstić information content (AvgIpc) is 3.19. The molecule has 6 aromatic rings. The van der Waals surface area contributed by atoms with Gasteiger partial charge in [0.05, 0.1) is 27.8 Å². The van der Waals surface area contributed by atoms with Crippen LogP contribution >= 0.6 is 11.6 Å². The lowest BCUT2D eigenvalue weighted by molar-refractivity contribution is 1.02. The quantitative estimate of drug-likeness (QED) is 0.338. The van der Waals surface area contributed by atoms with Gasteiger partial charge in [0.15, 0.2) is 0 Å². The van der Waals surface area contributed by atoms with Crippen LogP contribution < -0.4 is 5.56 Å². The molecule has 6 rings (SSSR count). The molecule has 0 aliphatic carbocycles. The van der Waals surface area contributed by atoms with Gasteiger partial charge in [0.2, 0.25) is 5.65 Å². The highest BCUT2D eigenvalue weighted by Crippen LogP contribution is 2.27. The summed E-state index contributed by atoms with van der Waals surface area (Å²) in [7, 11) is 0. The first-order valence-electron chi connectivity index (χ1n) is 9.98. The molecule has 2 aromatic heterocycles. The summed E-state index contributed by atoms with van der Waals surface area (Å²) in [6, 6.07) is 31.6. The summed E-state index contributed by atoms with van der Waals surface area (Å²) >= 11 is 6.17. The fourth-order valence-corrected chi connectivity index (χ4v) is 4.37. The van der Waals surface area contributed by atoms with E-state index in [9.17, 15) is 4.79 Å². The molecule has 0 saturated heterocycles. The van der Waals surface area contributed by atoms with Gasteiger partial charge in [-0.3, -0.25) is 13.8 Å². The third-order valence-corrected chi connectivity index (χ3v) is 5.82. The van der Waals surface area contributed by atoms with Crippen LogP contribution in [0.2, 0.25) is 5.02 Å². The van der Waals surface area contributed by atoms with Crippen LogP contribution in [0.3, 0.4) is 0 Å². The average molecular weight is 422 g/mol. The van der Waals surface area contributed by atoms with Gasteiger partial charge in [-0.2, -0.15) is 0 Å². The van der Waals surface area contributed by atoms with Crippen LogP contribution in [0.5, 0.6) is 0 Å². The summed E-state index contributed by atoms with van der Waals surface area (Å²) in [4.78, 5) is 18.3. The Morgan fingerprint density at radius 2 is 1.42 bits per heavy atom. The van der Waals surface area contributed by atoms with Crippen LogP contribution in [-0.4, -0.2) is 14.0 Å². The monoisotopic (exact) mass is 421 g/mol. The van der Waals surface area contributed by atoms with Crippen molar-refractivity contribution < 1.29 is 0 Å². The van der Waals surface area contributed by atoms with Crippen LogP contribution in [0.1, 0.15) is 0 Å². The number of para-hydroxylation sites is 2. The molecule has 0 amide bonds. The van der Waals surface area contributed by atoms with Gasteiger partial charge in [-0.15, -0.1) is 0 Å². The van der Waals surface area contributed by atoms with Crippen molar-refractivity contribution in [3.8, 4) is 16.8 Å². The van der Waals surface area contributed by atoms with E-state index in [2.05, 4.69) is 23.2 Å². The maximum Gasteiger partial charge on any atom is 0.299 e. The summed E-state index contributed by atoms with van der Waals surface area (Å²) in [5.74, 6) is 0. The highest BCUT2D eigenvalue weighted by Gasteiger charge is 2.17. The molecule has 0 bridgehead atoms. The van der Waals surface area contributed by atoms with Gasteiger partial charge in [0, 0.05) is 5.02 Å². The van der Waals surface area contributed by atoms with Crippen molar-refractivity contribution in [2.75, 3.05) is 0 Å². The van der Waals surface area contributed by atoms with Crippen LogP contribution in [0.25, 0.3) is 44.5 Å². The molecule has 4 aromatic carbocycles. The van der Waals surface area contributed by atoms with E-state index in [0.29, 0.717) is 16.2 Å². The number of rotatable bonds is 2. The van der Waals surface area contributed by atoms with E-state index in [1.807, 2.05) is 77.2 Å². The summed E-state index contributed by atoms with van der Waals surface area (Å²) in [6.45, 7) is 0. The maximum absolute atomic E-state index is 13.7. The fraction of sp³-hybridized carbons (Fsp3) is 0. The van der Waals surface area contributed by atoms with Gasteiger partial charge in [-0.25, -0.2) is 4.98 Å². The highest BCUT2D eigenvalue weighted by molar-refractivity contribution is 6.31. The lowest BCUT2D eigenvalue weighted by Crippen LogP contribution is -2.21. The third kappa shape index (κ3) is 2.76. The molecule has 0 atom stereocenters. The number of hydrogen-bond acceptors (Lipinski definition) is 2. The molecule has 31 heavy (non-hydrogen) atoms. The van der Waals surface area contributed by atoms with E-state index >= 15 is 0 Å². The van der Waals surface area contributed by atoms with E-state index in [1.165, 1.54) is 0 Å². The Labute approximate surface area is 182 Å². The van der Waals surface area contributed by atoms with E-state index in [1.54, 1.807) is 10.6 Å². The summed E-state index contributed by atoms with van der Waals surface area (Å²) < 4.78 is 3.66. The van der Waals surface area contributed by atoms with Crippen LogP contribution in [0, 0.1) is 0 Å². The molecule has 0 unspecified atom stereocenters. The van der Waals surface area contributed by atoms with Gasteiger partial charge < -0.3 is 0 Å². The molecule has 0 fully saturated rings. The number of aromatic nitrogens is 3. The molecule has 0 N–H and O–H groups in total. The fourth-order valence-electron chi connectivity index (χ4n) is 4.20. The minimum absolute atomic E-state index is 0.170. The van der Waals surface area contributed by atoms with E-state index in [4.69, 9.17) is 11.6 Å². The number of imidazole rings is 1. The first kappa shape index (κ1) is 17.9. The second-order valence-electron chi connectivity index (χ2n) is 7.45. The highest BCUT2D eigenvalue weighted by atomic mass is 35.5. The van der Waals surface area contributed by atoms with Crippen molar-refractivity contribution in [2.24, 2.45) is 0 Å². The largest absolute Gasteiger partial charge is 0.299 e. The lowest BCUT2D eigenvalue weighted by Gasteiger charge is -2.13. The molecule has 148 valence electrons. The molecule has 0 aliphatic heterocycles. The zero-order chi connectivity index (χ0) is 20.9. The predicted molar refractivity (Wildman–Crippen MR) is 126 cm³/mol. The standard InChI is InChI=1S/C26H16ClN3O/c27-19-13-14-22-21(16-19)28-25-26(31)29(23-11-4-5-12-24(23)30(22)25)20-10-6-9-18(15-20)17-7-2-1-3-8-17/h1-16H. The summed E-state index contributed by atoms with van der Waals surface area (Å²) in [5.41, 5.74) is 6.44. The smallest absolute Gasteiger partial charge is 0.286 e. The molecular formula is C26H16ClN3O. The zero-order valence-electron chi connectivity index (χ0n) is 16.4. The van der Waals surface area contributed by atoms with Crippen LogP contribution in [0.4, 0.5) is 0 Å². The van der Waals surface area contributed by atoms with Crippen molar-refractivity contribution in [3.05, 3.63) is 112 Å². The van der Waals surface area contributed by atoms with Crippen molar-refractivity contribution in [1.29, 1.82) is 0 Å². The maximum atomic E-state index is 13.7. The summed E-state index contributed by atoms with van der Waals surface area (Å²) in [6.07, 6.45) is 0. The molecule has 0 radical (unpaired) electrons. The molecule has 5 heteroatoms. The van der Waals surface area contributed by atoms with E-state index < -0.39 is 0 Å². The van der Waals surface area contributed by atoms with Crippen LogP contribution in [0.15, 0.2) is 102 Å². The number of nitrogens with zero attached hydrogens (tertiary/aromatic N) is 3. The Bertz CT molecular complexity index is 1670. The van der Waals surface area contributed by atoms with Crippen molar-refractivity contribution >= 4 is 39.3 Å². The molecule has 2 heterocycles. The number of fused-ring (bicyclic) bond motifs is 5. The lowest BCUT2D eigenvalue weighted by atomic mass is 10.1. The first-order valence-corrected chi connectivity index (χ1v) is 10.4. The van der Waals surface area contributed by atoms with Crippen molar-refractivity contribution in [2.45, 2.75) is 0 Å². The Morgan fingerprint density at radius 1 is 0.677 bits per heavy atom. The minimum atomic E-state index is -0.170. The number of hydrogen-bond donors (Lipinski definition) is 0. The Hall–Kier alpha value is -3.89. The van der Waals surface area contributed by atoms with Crippen molar-refractivity contribution in [3.63, 3.8) is 0 Å².